The number of ether oxygens (including phenoxy) is 1. The lowest BCUT2D eigenvalue weighted by molar-refractivity contribution is 0.163. The van der Waals surface area contributed by atoms with Crippen LogP contribution in [0.4, 0.5) is 14.5 Å². The summed E-state index contributed by atoms with van der Waals surface area (Å²) in [6.45, 7) is 4.34. The summed E-state index contributed by atoms with van der Waals surface area (Å²) in [7, 11) is 4.04. The van der Waals surface area contributed by atoms with Crippen LogP contribution >= 0.6 is 0 Å². The van der Waals surface area contributed by atoms with Crippen LogP contribution in [-0.2, 0) is 11.0 Å². The van der Waals surface area contributed by atoms with Crippen LogP contribution in [0.3, 0.4) is 0 Å². The molecule has 0 saturated carbocycles. The van der Waals surface area contributed by atoms with Gasteiger partial charge >= 0.3 is 0 Å². The van der Waals surface area contributed by atoms with Crippen molar-refractivity contribution in [1.29, 1.82) is 0 Å². The van der Waals surface area contributed by atoms with E-state index in [2.05, 4.69) is 67.3 Å². The Balaban J connectivity index is 1.57. The Bertz CT molecular complexity index is 1870. The number of rotatable bonds is 5. The van der Waals surface area contributed by atoms with Gasteiger partial charge in [-0.2, -0.15) is 0 Å². The van der Waals surface area contributed by atoms with Crippen LogP contribution in [0, 0.1) is 11.6 Å². The minimum Gasteiger partial charge on any atom is -0.472 e. The molecule has 7 rings (SSSR count). The summed E-state index contributed by atoms with van der Waals surface area (Å²) in [5, 5.41) is 1.64. The van der Waals surface area contributed by atoms with Crippen LogP contribution in [0.2, 0.25) is 0 Å². The van der Waals surface area contributed by atoms with Crippen molar-refractivity contribution in [1.82, 2.24) is 0 Å². The van der Waals surface area contributed by atoms with E-state index in [1.165, 1.54) is 12.1 Å². The van der Waals surface area contributed by atoms with Crippen LogP contribution in [0.5, 0.6) is 5.75 Å². The van der Waals surface area contributed by atoms with Crippen LogP contribution < -0.4 is 9.64 Å². The lowest BCUT2D eigenvalue weighted by Gasteiger charge is -2.39. The first-order chi connectivity index (χ1) is 20.3. The Hall–Kier alpha value is -4.44. The molecule has 5 aromatic rings. The average molecular weight is 558 g/mol. The number of hydrogen-bond acceptors (Lipinski definition) is 2. The summed E-state index contributed by atoms with van der Waals surface area (Å²) in [5.41, 5.74) is 6.88. The fraction of sp³-hybridized carbons (Fsp3) is 0.211. The van der Waals surface area contributed by atoms with E-state index in [4.69, 9.17) is 4.74 Å². The van der Waals surface area contributed by atoms with Crippen molar-refractivity contribution in [3.8, 4) is 16.9 Å². The van der Waals surface area contributed by atoms with E-state index in [-0.39, 0.29) is 11.6 Å². The number of nitrogens with zero attached hydrogens (tertiary/aromatic N) is 1. The molecule has 1 heterocycles. The van der Waals surface area contributed by atoms with Crippen molar-refractivity contribution in [2.24, 2.45) is 0 Å². The van der Waals surface area contributed by atoms with E-state index in [0.717, 1.165) is 68.2 Å². The maximum atomic E-state index is 15.0. The van der Waals surface area contributed by atoms with Crippen molar-refractivity contribution < 1.29 is 13.5 Å². The quantitative estimate of drug-likeness (QED) is 0.213. The van der Waals surface area contributed by atoms with Gasteiger partial charge in [0.2, 0.25) is 0 Å². The highest BCUT2D eigenvalue weighted by Gasteiger charge is 2.47. The number of benzene rings is 5. The third-order valence-electron chi connectivity index (χ3n) is 9.47. The Labute approximate surface area is 245 Å². The van der Waals surface area contributed by atoms with Gasteiger partial charge in [0.25, 0.3) is 0 Å². The second-order valence-corrected chi connectivity index (χ2v) is 11.6. The van der Waals surface area contributed by atoms with Gasteiger partial charge in [0.1, 0.15) is 17.4 Å². The van der Waals surface area contributed by atoms with Crippen molar-refractivity contribution in [3.05, 3.63) is 137 Å². The maximum Gasteiger partial charge on any atom is 0.178 e. The Morgan fingerprint density at radius 1 is 0.738 bits per heavy atom. The van der Waals surface area contributed by atoms with Crippen molar-refractivity contribution in [2.75, 3.05) is 19.0 Å². The second-order valence-electron chi connectivity index (χ2n) is 11.6. The summed E-state index contributed by atoms with van der Waals surface area (Å²) in [4.78, 5) is 2.07. The predicted molar refractivity (Wildman–Crippen MR) is 168 cm³/mol. The van der Waals surface area contributed by atoms with Gasteiger partial charge in [-0.15, -0.1) is 0 Å². The molecular formula is C38H33F2NO. The number of hydrogen-bond donors (Lipinski definition) is 0. The van der Waals surface area contributed by atoms with Crippen molar-refractivity contribution in [2.45, 2.75) is 37.7 Å². The Kier molecular flexibility index (Phi) is 6.02. The molecule has 5 aromatic carbocycles. The SMILES string of the molecule is CCC1(CC)c2cc(F)ccc2-c2c1c1c(c3cc(F)ccc23)OC(c2ccccc2)(c2ccc(N(C)C)cc2)C=C1. The molecule has 0 aromatic heterocycles. The van der Waals surface area contributed by atoms with Crippen molar-refractivity contribution in [3.63, 3.8) is 0 Å². The van der Waals surface area contributed by atoms with Crippen LogP contribution in [0.1, 0.15) is 54.5 Å². The molecule has 2 nitrogen and oxygen atoms in total. The fourth-order valence-electron chi connectivity index (χ4n) is 7.31. The first-order valence-corrected chi connectivity index (χ1v) is 14.6. The van der Waals surface area contributed by atoms with E-state index in [1.54, 1.807) is 12.1 Å². The number of halogens is 2. The van der Waals surface area contributed by atoms with Crippen molar-refractivity contribution >= 4 is 22.5 Å². The molecule has 1 aliphatic carbocycles. The monoisotopic (exact) mass is 557 g/mol. The second kappa shape index (κ2) is 9.55. The zero-order chi connectivity index (χ0) is 29.2. The van der Waals surface area contributed by atoms with Gasteiger partial charge in [0.05, 0.1) is 0 Å². The molecule has 1 atom stereocenters. The first kappa shape index (κ1) is 26.5. The molecule has 0 fully saturated rings. The highest BCUT2D eigenvalue weighted by Crippen LogP contribution is 2.60. The lowest BCUT2D eigenvalue weighted by atomic mass is 9.71. The third kappa shape index (κ3) is 3.60. The number of fused-ring (bicyclic) bond motifs is 8. The van der Waals surface area contributed by atoms with Gasteiger partial charge in [0.15, 0.2) is 5.60 Å². The summed E-state index contributed by atoms with van der Waals surface area (Å²) in [6.07, 6.45) is 5.91. The highest BCUT2D eigenvalue weighted by atomic mass is 19.1. The first-order valence-electron chi connectivity index (χ1n) is 14.6. The standard InChI is InChI=1S/C38H33F2NO/c1-5-37(6-2)33-23-27(40)15-19-30(33)34-29-18-14-26(39)22-32(29)36-31(35(34)37)20-21-38(42-36,24-10-8-7-9-11-24)25-12-16-28(17-13-25)41(3)4/h7-23H,5-6H2,1-4H3. The molecule has 0 spiro atoms. The van der Waals surface area contributed by atoms with Crippen LogP contribution in [0.15, 0.2) is 97.1 Å². The van der Waals surface area contributed by atoms with E-state index < -0.39 is 11.0 Å². The lowest BCUT2D eigenvalue weighted by Crippen LogP contribution is -2.35. The van der Waals surface area contributed by atoms with Crippen LogP contribution in [0.25, 0.3) is 28.0 Å². The molecule has 0 radical (unpaired) electrons. The average Bonchev–Trinajstić information content (AvgIpc) is 3.31. The van der Waals surface area contributed by atoms with Gasteiger partial charge in [-0.25, -0.2) is 8.78 Å². The van der Waals surface area contributed by atoms with Gasteiger partial charge < -0.3 is 9.64 Å². The molecular weight excluding hydrogens is 524 g/mol. The van der Waals surface area contributed by atoms with E-state index in [9.17, 15) is 4.39 Å². The fourth-order valence-corrected chi connectivity index (χ4v) is 7.31. The minimum absolute atomic E-state index is 0.242. The molecule has 4 heteroatoms. The predicted octanol–water partition coefficient (Wildman–Crippen LogP) is 9.62. The molecule has 0 bridgehead atoms. The summed E-state index contributed by atoms with van der Waals surface area (Å²) >= 11 is 0. The molecule has 42 heavy (non-hydrogen) atoms. The van der Waals surface area contributed by atoms with Gasteiger partial charge in [-0.05, 0) is 83.0 Å². The molecule has 1 aliphatic heterocycles. The zero-order valence-electron chi connectivity index (χ0n) is 24.3. The van der Waals surface area contributed by atoms with Gasteiger partial charge in [-0.3, -0.25) is 0 Å². The number of anilines is 1. The van der Waals surface area contributed by atoms with Gasteiger partial charge in [-0.1, -0.05) is 74.5 Å². The molecule has 1 unspecified atom stereocenters. The third-order valence-corrected chi connectivity index (χ3v) is 9.47. The summed E-state index contributed by atoms with van der Waals surface area (Å²) in [5.74, 6) is 0.0944. The maximum absolute atomic E-state index is 15.0. The zero-order valence-corrected chi connectivity index (χ0v) is 24.3. The summed E-state index contributed by atoms with van der Waals surface area (Å²) < 4.78 is 37.0. The molecule has 0 amide bonds. The van der Waals surface area contributed by atoms with E-state index in [0.29, 0.717) is 5.75 Å². The summed E-state index contributed by atoms with van der Waals surface area (Å²) in [6, 6.07) is 28.6. The topological polar surface area (TPSA) is 12.5 Å². The Morgan fingerprint density at radius 3 is 2.10 bits per heavy atom. The largest absolute Gasteiger partial charge is 0.472 e. The van der Waals surface area contributed by atoms with E-state index in [1.807, 2.05) is 44.4 Å². The molecule has 2 aliphatic rings. The minimum atomic E-state index is -0.925. The smallest absolute Gasteiger partial charge is 0.178 e. The van der Waals surface area contributed by atoms with E-state index >= 15 is 4.39 Å². The highest BCUT2D eigenvalue weighted by molar-refractivity contribution is 6.08. The Morgan fingerprint density at radius 2 is 1.40 bits per heavy atom. The molecule has 210 valence electrons. The molecule has 0 N–H and O–H groups in total. The van der Waals surface area contributed by atoms with Gasteiger partial charge in [0, 0.05) is 47.3 Å². The normalized spacial score (nSPS) is 17.9. The molecule has 0 saturated heterocycles. The van der Waals surface area contributed by atoms with Crippen LogP contribution in [-0.4, -0.2) is 14.1 Å².